The molecular weight excluding hydrogens is 416 g/mol. The number of hydrogen-bond donors (Lipinski definition) is 2. The number of aromatic nitrogens is 3. The van der Waals surface area contributed by atoms with Crippen LogP contribution in [-0.2, 0) is 16.6 Å². The first-order valence-electron chi connectivity index (χ1n) is 9.79. The van der Waals surface area contributed by atoms with Crippen LogP contribution in [0.25, 0.3) is 11.2 Å². The molecule has 1 fully saturated rings. The van der Waals surface area contributed by atoms with Gasteiger partial charge in [0.15, 0.2) is 5.65 Å². The van der Waals surface area contributed by atoms with Crippen molar-refractivity contribution in [2.45, 2.75) is 50.4 Å². The van der Waals surface area contributed by atoms with Crippen LogP contribution < -0.4 is 5.32 Å². The van der Waals surface area contributed by atoms with Gasteiger partial charge in [0.05, 0.1) is 17.6 Å². The molecule has 1 atom stereocenters. The Labute approximate surface area is 174 Å². The largest absolute Gasteiger partial charge is 0.417 e. The van der Waals surface area contributed by atoms with Crippen LogP contribution in [0.5, 0.6) is 0 Å². The fourth-order valence-electron chi connectivity index (χ4n) is 3.69. The molecule has 0 spiro atoms. The summed E-state index contributed by atoms with van der Waals surface area (Å²) < 4.78 is 54.8. The van der Waals surface area contributed by atoms with Crippen LogP contribution in [0, 0.1) is 5.82 Å². The van der Waals surface area contributed by atoms with Crippen molar-refractivity contribution in [1.29, 1.82) is 0 Å². The van der Waals surface area contributed by atoms with E-state index in [4.69, 9.17) is 0 Å². The van der Waals surface area contributed by atoms with E-state index in [9.17, 15) is 27.5 Å². The maximum Gasteiger partial charge on any atom is 0.417 e. The topological polar surface area (TPSA) is 80.0 Å². The van der Waals surface area contributed by atoms with Crippen LogP contribution in [0.2, 0.25) is 0 Å². The summed E-state index contributed by atoms with van der Waals surface area (Å²) in [7, 11) is 0. The second-order valence-corrected chi connectivity index (χ2v) is 7.93. The average molecular weight is 436 g/mol. The lowest BCUT2D eigenvalue weighted by Gasteiger charge is -2.29. The molecule has 0 radical (unpaired) electrons. The highest BCUT2D eigenvalue weighted by molar-refractivity contribution is 5.91. The standard InChI is InChI=1S/C21H20F4N4O2/c1-20(31,14-7-2-3-8-15(14)22)10-17(30)28-19-27-16-9-12(21(23,24)25)11-26-18(16)29(19)13-5-4-6-13/h2-3,7-9,11,13,31H,4-6,10H2,1H3,(H,27,28,30). The fourth-order valence-corrected chi connectivity index (χ4v) is 3.69. The van der Waals surface area contributed by atoms with Gasteiger partial charge < -0.3 is 5.11 Å². The number of carbonyl (C=O) groups is 1. The van der Waals surface area contributed by atoms with Gasteiger partial charge in [-0.2, -0.15) is 13.2 Å². The number of nitrogens with zero attached hydrogens (tertiary/aromatic N) is 3. The van der Waals surface area contributed by atoms with E-state index in [1.54, 1.807) is 10.6 Å². The molecule has 0 aliphatic heterocycles. The highest BCUT2D eigenvalue weighted by atomic mass is 19.4. The molecule has 1 aromatic carbocycles. The Bertz CT molecular complexity index is 1140. The molecular formula is C21H20F4N4O2. The minimum atomic E-state index is -4.57. The SMILES string of the molecule is CC(O)(CC(=O)Nc1nc2cc(C(F)(F)F)cnc2n1C1CCC1)c1ccccc1F. The van der Waals surface area contributed by atoms with E-state index in [-0.39, 0.29) is 28.7 Å². The lowest BCUT2D eigenvalue weighted by Crippen LogP contribution is -2.30. The first-order valence-corrected chi connectivity index (χ1v) is 9.79. The maximum absolute atomic E-state index is 14.1. The van der Waals surface area contributed by atoms with Crippen molar-refractivity contribution in [3.63, 3.8) is 0 Å². The van der Waals surface area contributed by atoms with Crippen LogP contribution >= 0.6 is 0 Å². The predicted molar refractivity (Wildman–Crippen MR) is 105 cm³/mol. The molecule has 2 aromatic heterocycles. The van der Waals surface area contributed by atoms with Gasteiger partial charge >= 0.3 is 6.18 Å². The molecule has 1 aliphatic carbocycles. The van der Waals surface area contributed by atoms with Gasteiger partial charge in [-0.05, 0) is 38.3 Å². The third-order valence-electron chi connectivity index (χ3n) is 5.51. The number of fused-ring (bicyclic) bond motifs is 1. The van der Waals surface area contributed by atoms with Crippen molar-refractivity contribution in [2.24, 2.45) is 0 Å². The summed E-state index contributed by atoms with van der Waals surface area (Å²) in [5.41, 5.74) is -2.50. The zero-order valence-corrected chi connectivity index (χ0v) is 16.6. The van der Waals surface area contributed by atoms with Crippen molar-refractivity contribution in [2.75, 3.05) is 5.32 Å². The van der Waals surface area contributed by atoms with E-state index < -0.39 is 35.5 Å². The zero-order valence-electron chi connectivity index (χ0n) is 16.6. The second kappa shape index (κ2) is 7.60. The molecule has 1 aliphatic rings. The van der Waals surface area contributed by atoms with Crippen molar-refractivity contribution in [3.05, 3.63) is 53.5 Å². The summed E-state index contributed by atoms with van der Waals surface area (Å²) in [5, 5.41) is 13.2. The number of hydrogen-bond acceptors (Lipinski definition) is 4. The van der Waals surface area contributed by atoms with Crippen molar-refractivity contribution in [1.82, 2.24) is 14.5 Å². The number of carbonyl (C=O) groups excluding carboxylic acids is 1. The monoisotopic (exact) mass is 436 g/mol. The number of imidazole rings is 1. The molecule has 1 amide bonds. The molecule has 6 nitrogen and oxygen atoms in total. The van der Waals surface area contributed by atoms with Crippen LogP contribution in [0.1, 0.15) is 49.8 Å². The van der Waals surface area contributed by atoms with Crippen LogP contribution in [-0.4, -0.2) is 25.5 Å². The second-order valence-electron chi connectivity index (χ2n) is 7.93. The van der Waals surface area contributed by atoms with Gasteiger partial charge in [0.25, 0.3) is 0 Å². The number of anilines is 1. The van der Waals surface area contributed by atoms with Gasteiger partial charge in [-0.3, -0.25) is 14.7 Å². The smallest absolute Gasteiger partial charge is 0.385 e. The number of rotatable bonds is 5. The lowest BCUT2D eigenvalue weighted by molar-refractivity contribution is -0.137. The van der Waals surface area contributed by atoms with E-state index >= 15 is 0 Å². The van der Waals surface area contributed by atoms with E-state index in [0.717, 1.165) is 31.5 Å². The summed E-state index contributed by atoms with van der Waals surface area (Å²) in [6.07, 6.45) is -1.78. The van der Waals surface area contributed by atoms with Gasteiger partial charge in [0, 0.05) is 17.8 Å². The predicted octanol–water partition coefficient (Wildman–Crippen LogP) is 4.55. The molecule has 1 unspecified atom stereocenters. The highest BCUT2D eigenvalue weighted by Crippen LogP contribution is 2.38. The molecule has 4 rings (SSSR count). The molecule has 2 N–H and O–H groups in total. The Morgan fingerprint density at radius 3 is 2.61 bits per heavy atom. The van der Waals surface area contributed by atoms with Crippen molar-refractivity contribution in [3.8, 4) is 0 Å². The third kappa shape index (κ3) is 4.12. The van der Waals surface area contributed by atoms with Gasteiger partial charge in [-0.15, -0.1) is 0 Å². The Balaban J connectivity index is 1.64. The van der Waals surface area contributed by atoms with E-state index in [2.05, 4.69) is 15.3 Å². The van der Waals surface area contributed by atoms with E-state index in [1.807, 2.05) is 0 Å². The molecule has 3 aromatic rings. The molecule has 0 saturated heterocycles. The molecule has 31 heavy (non-hydrogen) atoms. The molecule has 1 saturated carbocycles. The minimum absolute atomic E-state index is 0.0119. The quantitative estimate of drug-likeness (QED) is 0.575. The number of nitrogens with one attached hydrogen (secondary N) is 1. The highest BCUT2D eigenvalue weighted by Gasteiger charge is 2.34. The number of alkyl halides is 3. The minimum Gasteiger partial charge on any atom is -0.385 e. The zero-order chi connectivity index (χ0) is 22.4. The van der Waals surface area contributed by atoms with Gasteiger partial charge in [-0.1, -0.05) is 18.2 Å². The third-order valence-corrected chi connectivity index (χ3v) is 5.51. The summed E-state index contributed by atoms with van der Waals surface area (Å²) in [6.45, 7) is 1.32. The molecule has 2 heterocycles. The number of halogens is 4. The number of pyridine rings is 1. The average Bonchev–Trinajstić information content (AvgIpc) is 2.96. The molecule has 10 heteroatoms. The Morgan fingerprint density at radius 2 is 2.00 bits per heavy atom. The van der Waals surface area contributed by atoms with Crippen molar-refractivity contribution >= 4 is 23.0 Å². The molecule has 0 bridgehead atoms. The summed E-state index contributed by atoms with van der Waals surface area (Å²) in [6, 6.07) is 6.43. The maximum atomic E-state index is 14.1. The van der Waals surface area contributed by atoms with E-state index in [1.165, 1.54) is 25.1 Å². The first-order chi connectivity index (χ1) is 14.6. The van der Waals surface area contributed by atoms with E-state index in [0.29, 0.717) is 0 Å². The number of aliphatic hydroxyl groups is 1. The van der Waals surface area contributed by atoms with Crippen LogP contribution in [0.3, 0.4) is 0 Å². The number of benzene rings is 1. The lowest BCUT2D eigenvalue weighted by atomic mass is 9.91. The van der Waals surface area contributed by atoms with Crippen LogP contribution in [0.15, 0.2) is 36.5 Å². The van der Waals surface area contributed by atoms with Gasteiger partial charge in [0.1, 0.15) is 11.3 Å². The Hall–Kier alpha value is -3.01. The molecule has 164 valence electrons. The summed E-state index contributed by atoms with van der Waals surface area (Å²) in [4.78, 5) is 20.8. The number of amides is 1. The Kier molecular flexibility index (Phi) is 5.20. The van der Waals surface area contributed by atoms with Crippen molar-refractivity contribution < 1.29 is 27.5 Å². The van der Waals surface area contributed by atoms with Gasteiger partial charge in [-0.25, -0.2) is 14.4 Å². The first kappa shape index (κ1) is 21.2. The fraction of sp³-hybridized carbons (Fsp3) is 0.381. The van der Waals surface area contributed by atoms with Crippen LogP contribution in [0.4, 0.5) is 23.5 Å². The normalized spacial score (nSPS) is 16.7. The Morgan fingerprint density at radius 1 is 1.29 bits per heavy atom. The summed E-state index contributed by atoms with van der Waals surface area (Å²) >= 11 is 0. The summed E-state index contributed by atoms with van der Waals surface area (Å²) in [5.74, 6) is -1.24. The van der Waals surface area contributed by atoms with Gasteiger partial charge in [0.2, 0.25) is 11.9 Å².